The van der Waals surface area contributed by atoms with Gasteiger partial charge in [0.15, 0.2) is 0 Å². The molecule has 2 amide bonds. The summed E-state index contributed by atoms with van der Waals surface area (Å²) in [5, 5.41) is 6.93. The predicted octanol–water partition coefficient (Wildman–Crippen LogP) is 5.70. The predicted molar refractivity (Wildman–Crippen MR) is 132 cm³/mol. The molecule has 0 saturated heterocycles. The lowest BCUT2D eigenvalue weighted by molar-refractivity contribution is -0.146. The first kappa shape index (κ1) is 23.7. The number of carbonyl (C=O) groups excluding carboxylic acids is 2. The van der Waals surface area contributed by atoms with Gasteiger partial charge in [0.05, 0.1) is 0 Å². The van der Waals surface area contributed by atoms with Crippen molar-refractivity contribution in [3.8, 4) is 0 Å². The summed E-state index contributed by atoms with van der Waals surface area (Å²) in [4.78, 5) is 26.4. The van der Waals surface area contributed by atoms with Crippen LogP contribution in [-0.2, 0) is 9.59 Å². The molecule has 5 fully saturated rings. The van der Waals surface area contributed by atoms with E-state index in [1.54, 1.807) is 0 Å². The summed E-state index contributed by atoms with van der Waals surface area (Å²) in [6, 6.07) is 0.613. The second-order valence-electron chi connectivity index (χ2n) is 14.9. The molecule has 5 aliphatic carbocycles. The van der Waals surface area contributed by atoms with Crippen LogP contribution in [0.25, 0.3) is 0 Å². The number of fused-ring (bicyclic) bond motifs is 4. The minimum absolute atomic E-state index is 0.0279. The van der Waals surface area contributed by atoms with Crippen LogP contribution in [0, 0.1) is 50.7 Å². The summed E-state index contributed by atoms with van der Waals surface area (Å²) >= 11 is 0. The molecule has 0 aromatic rings. The highest BCUT2D eigenvalue weighted by molar-refractivity contribution is 5.82. The Labute approximate surface area is 201 Å². The summed E-state index contributed by atoms with van der Waals surface area (Å²) < 4.78 is 0. The normalized spacial score (nSPS) is 47.9. The molecule has 4 nitrogen and oxygen atoms in total. The Balaban J connectivity index is 1.16. The average molecular weight is 457 g/mol. The van der Waals surface area contributed by atoms with Gasteiger partial charge in [0.2, 0.25) is 11.8 Å². The largest absolute Gasteiger partial charge is 0.353 e. The van der Waals surface area contributed by atoms with E-state index in [1.165, 1.54) is 25.7 Å². The molecule has 8 unspecified atom stereocenters. The first-order valence-corrected chi connectivity index (χ1v) is 13.7. The first-order valence-electron chi connectivity index (χ1n) is 13.7. The molecule has 0 radical (unpaired) electrons. The van der Waals surface area contributed by atoms with Gasteiger partial charge in [-0.3, -0.25) is 9.59 Å². The summed E-state index contributed by atoms with van der Waals surface area (Å²) in [5.41, 5.74) is 0.939. The molecule has 2 N–H and O–H groups in total. The monoisotopic (exact) mass is 456 g/mol. The quantitative estimate of drug-likeness (QED) is 0.557. The molecule has 5 rings (SSSR count). The smallest absolute Gasteiger partial charge is 0.223 e. The van der Waals surface area contributed by atoms with E-state index in [4.69, 9.17) is 0 Å². The lowest BCUT2D eigenvalue weighted by atomic mass is 9.53. The van der Waals surface area contributed by atoms with Crippen molar-refractivity contribution in [3.05, 3.63) is 0 Å². The van der Waals surface area contributed by atoms with Crippen LogP contribution in [0.3, 0.4) is 0 Å². The van der Waals surface area contributed by atoms with E-state index in [2.05, 4.69) is 66.0 Å². The molecule has 0 aromatic heterocycles. The van der Waals surface area contributed by atoms with Crippen LogP contribution >= 0.6 is 0 Å². The van der Waals surface area contributed by atoms with Crippen molar-refractivity contribution in [3.63, 3.8) is 0 Å². The van der Waals surface area contributed by atoms with E-state index in [1.807, 2.05) is 0 Å². The van der Waals surface area contributed by atoms with Gasteiger partial charge in [-0.05, 0) is 89.8 Å². The van der Waals surface area contributed by atoms with Gasteiger partial charge in [0.1, 0.15) is 0 Å². The third-order valence-corrected chi connectivity index (χ3v) is 13.5. The van der Waals surface area contributed by atoms with Crippen LogP contribution in [0.2, 0.25) is 0 Å². The molecule has 0 aromatic carbocycles. The third kappa shape index (κ3) is 3.00. The van der Waals surface area contributed by atoms with Gasteiger partial charge in [-0.2, -0.15) is 0 Å². The molecule has 0 aliphatic heterocycles. The van der Waals surface area contributed by atoms with E-state index in [-0.39, 0.29) is 34.0 Å². The highest BCUT2D eigenvalue weighted by Crippen LogP contribution is 2.66. The standard InChI is InChI=1S/C29H48N2O2/c1-25(2)19(16-23(32)30-21-14-17-9-11-28(21,7)26(17,3)4)13-20(25)24(33)31-22-15-18-10-12-29(22,8)27(18,5)6/h17-22H,9-16H2,1-8H3,(H,30,32)(H,31,33). The SMILES string of the molecule is CC1(C)C(CC(=O)NC2CC3CCC2(C)C3(C)C)CC1C(=O)NC1CC2CCC1(C)C2(C)C. The van der Waals surface area contributed by atoms with Crippen LogP contribution in [0.1, 0.15) is 107 Å². The van der Waals surface area contributed by atoms with Crippen molar-refractivity contribution in [2.75, 3.05) is 0 Å². The van der Waals surface area contributed by atoms with E-state index < -0.39 is 0 Å². The van der Waals surface area contributed by atoms with Gasteiger partial charge >= 0.3 is 0 Å². The summed E-state index contributed by atoms with van der Waals surface area (Å²) in [6.07, 6.45) is 8.73. The summed E-state index contributed by atoms with van der Waals surface area (Å²) in [6.45, 7) is 18.8. The highest BCUT2D eigenvalue weighted by atomic mass is 16.2. The third-order valence-electron chi connectivity index (χ3n) is 13.5. The maximum atomic E-state index is 13.3. The number of nitrogens with one attached hydrogen (secondary N) is 2. The van der Waals surface area contributed by atoms with Crippen LogP contribution in [0.4, 0.5) is 0 Å². The number of hydrogen-bond acceptors (Lipinski definition) is 2. The second kappa shape index (κ2) is 7.00. The molecule has 0 spiro atoms. The van der Waals surface area contributed by atoms with Crippen LogP contribution < -0.4 is 10.6 Å². The molecule has 186 valence electrons. The van der Waals surface area contributed by atoms with Gasteiger partial charge < -0.3 is 10.6 Å². The number of amides is 2. The fourth-order valence-corrected chi connectivity index (χ4v) is 9.40. The van der Waals surface area contributed by atoms with Gasteiger partial charge in [-0.15, -0.1) is 0 Å². The Hall–Kier alpha value is -1.06. The van der Waals surface area contributed by atoms with Crippen molar-refractivity contribution in [1.29, 1.82) is 0 Å². The van der Waals surface area contributed by atoms with Gasteiger partial charge in [0, 0.05) is 24.4 Å². The molecule has 4 bridgehead atoms. The Bertz CT molecular complexity index is 860. The molecule has 33 heavy (non-hydrogen) atoms. The molecular weight excluding hydrogens is 408 g/mol. The number of rotatable bonds is 5. The van der Waals surface area contributed by atoms with Crippen molar-refractivity contribution in [2.45, 2.75) is 119 Å². The molecule has 8 atom stereocenters. The fourth-order valence-electron chi connectivity index (χ4n) is 9.40. The van der Waals surface area contributed by atoms with E-state index >= 15 is 0 Å². The van der Waals surface area contributed by atoms with Crippen LogP contribution in [-0.4, -0.2) is 23.9 Å². The summed E-state index contributed by atoms with van der Waals surface area (Å²) in [7, 11) is 0. The number of hydrogen-bond donors (Lipinski definition) is 2. The van der Waals surface area contributed by atoms with E-state index in [9.17, 15) is 9.59 Å². The average Bonchev–Trinajstić information content (AvgIpc) is 3.22. The minimum atomic E-state index is -0.118. The highest BCUT2D eigenvalue weighted by Gasteiger charge is 2.63. The van der Waals surface area contributed by atoms with Crippen LogP contribution in [0.5, 0.6) is 0 Å². The molecular formula is C29H48N2O2. The molecule has 5 aliphatic rings. The van der Waals surface area contributed by atoms with Crippen LogP contribution in [0.15, 0.2) is 0 Å². The zero-order valence-electron chi connectivity index (χ0n) is 22.4. The fraction of sp³-hybridized carbons (Fsp3) is 0.931. The Morgan fingerprint density at radius 1 is 0.727 bits per heavy atom. The lowest BCUT2D eigenvalue weighted by Crippen LogP contribution is -2.57. The van der Waals surface area contributed by atoms with E-state index in [0.29, 0.717) is 35.3 Å². The zero-order valence-corrected chi connectivity index (χ0v) is 22.4. The maximum absolute atomic E-state index is 13.3. The van der Waals surface area contributed by atoms with Gasteiger partial charge in [-0.25, -0.2) is 0 Å². The lowest BCUT2D eigenvalue weighted by Gasteiger charge is -2.52. The first-order chi connectivity index (χ1) is 15.1. The molecule has 5 saturated carbocycles. The Morgan fingerprint density at radius 2 is 1.21 bits per heavy atom. The van der Waals surface area contributed by atoms with Gasteiger partial charge in [0.25, 0.3) is 0 Å². The van der Waals surface area contributed by atoms with Crippen molar-refractivity contribution >= 4 is 11.8 Å². The Kier molecular flexibility index (Phi) is 5.02. The zero-order chi connectivity index (χ0) is 24.2. The molecule has 0 heterocycles. The topological polar surface area (TPSA) is 58.2 Å². The minimum Gasteiger partial charge on any atom is -0.353 e. The van der Waals surface area contributed by atoms with Crippen molar-refractivity contribution in [2.24, 2.45) is 50.7 Å². The van der Waals surface area contributed by atoms with Crippen molar-refractivity contribution < 1.29 is 9.59 Å². The van der Waals surface area contributed by atoms with Gasteiger partial charge in [-0.1, -0.05) is 55.4 Å². The second-order valence-corrected chi connectivity index (χ2v) is 14.9. The molecule has 4 heteroatoms. The summed E-state index contributed by atoms with van der Waals surface area (Å²) in [5.74, 6) is 2.22. The number of carbonyl (C=O) groups is 2. The van der Waals surface area contributed by atoms with E-state index in [0.717, 1.165) is 31.1 Å². The maximum Gasteiger partial charge on any atom is 0.223 e. The van der Waals surface area contributed by atoms with Crippen molar-refractivity contribution in [1.82, 2.24) is 10.6 Å². The Morgan fingerprint density at radius 3 is 1.61 bits per heavy atom.